The van der Waals surface area contributed by atoms with Gasteiger partial charge in [0.1, 0.15) is 5.69 Å². The van der Waals surface area contributed by atoms with Gasteiger partial charge in [-0.25, -0.2) is 4.79 Å². The van der Waals surface area contributed by atoms with Gasteiger partial charge in [-0.2, -0.15) is 0 Å². The molecule has 0 fully saturated rings. The van der Waals surface area contributed by atoms with Crippen molar-refractivity contribution in [2.45, 2.75) is 13.0 Å². The normalized spacial score (nSPS) is 12.7. The Kier molecular flexibility index (Phi) is 3.91. The van der Waals surface area contributed by atoms with Crippen LogP contribution in [0.25, 0.3) is 21.3 Å². The van der Waals surface area contributed by atoms with Crippen LogP contribution in [-0.2, 0) is 0 Å². The van der Waals surface area contributed by atoms with Crippen LogP contribution in [0.2, 0.25) is 10.0 Å². The number of carboxylic acids is 1. The number of hydrogen-bond acceptors (Lipinski definition) is 3. The molecule has 3 rings (SSSR count). The van der Waals surface area contributed by atoms with Gasteiger partial charge >= 0.3 is 5.97 Å². The first-order valence-electron chi connectivity index (χ1n) is 6.39. The molecule has 0 radical (unpaired) electrons. The van der Waals surface area contributed by atoms with E-state index in [9.17, 15) is 15.0 Å². The molecule has 0 bridgehead atoms. The summed E-state index contributed by atoms with van der Waals surface area (Å²) < 4.78 is 0.756. The molecule has 0 saturated carbocycles. The number of thiophene rings is 1. The maximum atomic E-state index is 11.6. The number of carboxylic acid groups (broad SMARTS) is 1. The van der Waals surface area contributed by atoms with Crippen molar-refractivity contribution in [3.05, 3.63) is 44.9 Å². The van der Waals surface area contributed by atoms with Gasteiger partial charge in [-0.15, -0.1) is 11.3 Å². The van der Waals surface area contributed by atoms with E-state index in [2.05, 4.69) is 4.98 Å². The van der Waals surface area contributed by atoms with Crippen LogP contribution >= 0.6 is 34.5 Å². The molecule has 114 valence electrons. The molecular formula is C15H11Cl2NO3S. The number of nitrogens with one attached hydrogen (secondary N) is 1. The van der Waals surface area contributed by atoms with E-state index in [1.165, 1.54) is 11.3 Å². The van der Waals surface area contributed by atoms with Gasteiger partial charge in [0, 0.05) is 21.2 Å². The lowest BCUT2D eigenvalue weighted by Crippen LogP contribution is -1.99. The second-order valence-corrected chi connectivity index (χ2v) is 6.66. The third kappa shape index (κ3) is 2.50. The second-order valence-electron chi connectivity index (χ2n) is 4.91. The van der Waals surface area contributed by atoms with E-state index in [4.69, 9.17) is 23.2 Å². The Morgan fingerprint density at radius 2 is 1.91 bits per heavy atom. The predicted octanol–water partition coefficient (Wildman–Crippen LogP) is 4.95. The van der Waals surface area contributed by atoms with Crippen LogP contribution in [0.3, 0.4) is 0 Å². The SMILES string of the molecule is CC(O)c1csc2c(-c3cc(Cl)cc(Cl)c3)c(C(=O)O)[nH]c12. The number of halogens is 2. The molecule has 1 aromatic carbocycles. The Morgan fingerprint density at radius 3 is 2.45 bits per heavy atom. The Morgan fingerprint density at radius 1 is 1.27 bits per heavy atom. The summed E-state index contributed by atoms with van der Waals surface area (Å²) in [5, 5.41) is 21.9. The van der Waals surface area contributed by atoms with Crippen LogP contribution in [0, 0.1) is 0 Å². The molecule has 3 aromatic rings. The summed E-state index contributed by atoms with van der Waals surface area (Å²) in [5.41, 5.74) is 2.51. The number of benzene rings is 1. The first-order chi connectivity index (χ1) is 10.4. The van der Waals surface area contributed by atoms with Crippen molar-refractivity contribution in [1.29, 1.82) is 0 Å². The summed E-state index contributed by atoms with van der Waals surface area (Å²) in [6.45, 7) is 1.64. The van der Waals surface area contributed by atoms with Crippen molar-refractivity contribution in [2.75, 3.05) is 0 Å². The minimum atomic E-state index is -1.08. The van der Waals surface area contributed by atoms with E-state index in [0.29, 0.717) is 32.3 Å². The zero-order valence-corrected chi connectivity index (χ0v) is 13.7. The average Bonchev–Trinajstić information content (AvgIpc) is 2.94. The van der Waals surface area contributed by atoms with Gasteiger partial charge < -0.3 is 15.2 Å². The molecule has 0 spiro atoms. The molecule has 7 heteroatoms. The topological polar surface area (TPSA) is 73.3 Å². The third-order valence-electron chi connectivity index (χ3n) is 3.36. The van der Waals surface area contributed by atoms with Gasteiger partial charge in [0.2, 0.25) is 0 Å². The highest BCUT2D eigenvalue weighted by molar-refractivity contribution is 7.18. The molecule has 0 saturated heterocycles. The number of aliphatic hydroxyl groups excluding tert-OH is 1. The molecule has 0 aliphatic rings. The summed E-state index contributed by atoms with van der Waals surface area (Å²) in [6.07, 6.45) is -0.690. The molecule has 3 N–H and O–H groups in total. The molecule has 1 unspecified atom stereocenters. The first-order valence-corrected chi connectivity index (χ1v) is 8.03. The summed E-state index contributed by atoms with van der Waals surface area (Å²) >= 11 is 13.4. The fourth-order valence-electron chi connectivity index (χ4n) is 2.43. The number of carbonyl (C=O) groups is 1. The van der Waals surface area contributed by atoms with E-state index in [1.54, 1.807) is 25.1 Å². The van der Waals surface area contributed by atoms with Crippen molar-refractivity contribution >= 4 is 50.7 Å². The molecular weight excluding hydrogens is 345 g/mol. The smallest absolute Gasteiger partial charge is 0.353 e. The van der Waals surface area contributed by atoms with Crippen molar-refractivity contribution in [2.24, 2.45) is 0 Å². The summed E-state index contributed by atoms with van der Waals surface area (Å²) in [7, 11) is 0. The lowest BCUT2D eigenvalue weighted by atomic mass is 10.1. The van der Waals surface area contributed by atoms with Gasteiger partial charge in [-0.1, -0.05) is 23.2 Å². The van der Waals surface area contributed by atoms with Crippen molar-refractivity contribution in [1.82, 2.24) is 4.98 Å². The van der Waals surface area contributed by atoms with E-state index in [1.807, 2.05) is 5.38 Å². The zero-order chi connectivity index (χ0) is 16.0. The van der Waals surface area contributed by atoms with E-state index >= 15 is 0 Å². The Labute approximate surface area is 139 Å². The highest BCUT2D eigenvalue weighted by Gasteiger charge is 2.23. The number of aromatic nitrogens is 1. The lowest BCUT2D eigenvalue weighted by molar-refractivity contribution is 0.0692. The lowest BCUT2D eigenvalue weighted by Gasteiger charge is -2.03. The number of aromatic carboxylic acids is 1. The van der Waals surface area contributed by atoms with Crippen molar-refractivity contribution < 1.29 is 15.0 Å². The van der Waals surface area contributed by atoms with Gasteiger partial charge in [-0.05, 0) is 36.1 Å². The fraction of sp³-hybridized carbons (Fsp3) is 0.133. The van der Waals surface area contributed by atoms with Gasteiger partial charge in [0.05, 0.1) is 16.3 Å². The van der Waals surface area contributed by atoms with Gasteiger partial charge in [0.15, 0.2) is 0 Å². The van der Waals surface area contributed by atoms with Gasteiger partial charge in [0.25, 0.3) is 0 Å². The quantitative estimate of drug-likeness (QED) is 0.621. The molecule has 22 heavy (non-hydrogen) atoms. The molecule has 0 aliphatic carbocycles. The summed E-state index contributed by atoms with van der Waals surface area (Å²) in [6, 6.07) is 4.93. The average molecular weight is 356 g/mol. The highest BCUT2D eigenvalue weighted by Crippen LogP contribution is 2.41. The molecule has 0 aliphatic heterocycles. The standard InChI is InChI=1S/C15H11Cl2NO3S/c1-6(19)10-5-22-14-11(13(15(20)21)18-12(10)14)7-2-8(16)4-9(17)3-7/h2-6,18-19H,1H3,(H,20,21). The van der Waals surface area contributed by atoms with Crippen LogP contribution in [0.5, 0.6) is 0 Å². The molecule has 0 amide bonds. The minimum absolute atomic E-state index is 0.0575. The van der Waals surface area contributed by atoms with Crippen molar-refractivity contribution in [3.63, 3.8) is 0 Å². The van der Waals surface area contributed by atoms with E-state index < -0.39 is 12.1 Å². The zero-order valence-electron chi connectivity index (χ0n) is 11.4. The highest BCUT2D eigenvalue weighted by atomic mass is 35.5. The molecule has 1 atom stereocenters. The molecule has 2 aromatic heterocycles. The monoisotopic (exact) mass is 355 g/mol. The number of H-pyrrole nitrogens is 1. The predicted molar refractivity (Wildman–Crippen MR) is 89.2 cm³/mol. The molecule has 2 heterocycles. The Bertz CT molecular complexity index is 862. The minimum Gasteiger partial charge on any atom is -0.477 e. The van der Waals surface area contributed by atoms with Crippen LogP contribution < -0.4 is 0 Å². The van der Waals surface area contributed by atoms with E-state index in [0.717, 1.165) is 4.70 Å². The largest absolute Gasteiger partial charge is 0.477 e. The Balaban J connectivity index is 2.35. The van der Waals surface area contributed by atoms with Crippen LogP contribution in [0.15, 0.2) is 23.6 Å². The van der Waals surface area contributed by atoms with Crippen LogP contribution in [0.4, 0.5) is 0 Å². The van der Waals surface area contributed by atoms with Crippen molar-refractivity contribution in [3.8, 4) is 11.1 Å². The maximum absolute atomic E-state index is 11.6. The number of fused-ring (bicyclic) bond motifs is 1. The maximum Gasteiger partial charge on any atom is 0.353 e. The fourth-order valence-corrected chi connectivity index (χ4v) is 4.14. The van der Waals surface area contributed by atoms with E-state index in [-0.39, 0.29) is 5.69 Å². The summed E-state index contributed by atoms with van der Waals surface area (Å²) in [5.74, 6) is -1.08. The third-order valence-corrected chi connectivity index (χ3v) is 4.81. The number of rotatable bonds is 3. The van der Waals surface area contributed by atoms with Crippen LogP contribution in [-0.4, -0.2) is 21.2 Å². The van der Waals surface area contributed by atoms with Gasteiger partial charge in [-0.3, -0.25) is 0 Å². The summed E-state index contributed by atoms with van der Waals surface area (Å²) in [4.78, 5) is 14.5. The number of hydrogen-bond donors (Lipinski definition) is 3. The second kappa shape index (κ2) is 5.59. The first kappa shape index (κ1) is 15.4. The molecule has 4 nitrogen and oxygen atoms in total. The van der Waals surface area contributed by atoms with Crippen LogP contribution in [0.1, 0.15) is 29.1 Å². The Hall–Kier alpha value is -1.53. The number of aromatic amines is 1. The number of aliphatic hydroxyl groups is 1.